The number of amides is 2. The molecule has 166 valence electrons. The molecule has 1 heterocycles. The molecule has 0 atom stereocenters. The van der Waals surface area contributed by atoms with Crippen molar-refractivity contribution in [2.75, 3.05) is 0 Å². The molecule has 31 heavy (non-hydrogen) atoms. The Balaban J connectivity index is 0.000000287. The maximum absolute atomic E-state index is 12.0. The molecule has 0 bridgehead atoms. The summed E-state index contributed by atoms with van der Waals surface area (Å²) < 4.78 is 5.36. The summed E-state index contributed by atoms with van der Waals surface area (Å²) in [5.74, 6) is -0.930. The van der Waals surface area contributed by atoms with E-state index in [1.165, 1.54) is 6.08 Å². The van der Waals surface area contributed by atoms with Gasteiger partial charge in [-0.1, -0.05) is 37.3 Å². The van der Waals surface area contributed by atoms with Crippen LogP contribution in [-0.2, 0) is 14.4 Å². The Morgan fingerprint density at radius 3 is 2.16 bits per heavy atom. The Morgan fingerprint density at radius 1 is 1.06 bits per heavy atom. The van der Waals surface area contributed by atoms with Crippen LogP contribution < -0.4 is 10.1 Å². The SMILES string of the molecule is O=C(O)C1CCCC1.O=C1NC(=O)/C(=C/c2ccc(OC(=O)C3CCCC3)cc2Cl)S1. The first kappa shape index (κ1) is 23.3. The normalized spacial score (nSPS) is 20.5. The second kappa shape index (κ2) is 10.8. The summed E-state index contributed by atoms with van der Waals surface area (Å²) in [5, 5.41) is 10.5. The van der Waals surface area contributed by atoms with E-state index in [1.807, 2.05) is 0 Å². The van der Waals surface area contributed by atoms with Crippen molar-refractivity contribution in [1.29, 1.82) is 0 Å². The lowest BCUT2D eigenvalue weighted by molar-refractivity contribution is -0.141. The molecule has 1 aliphatic heterocycles. The van der Waals surface area contributed by atoms with Crippen LogP contribution in [0.15, 0.2) is 23.1 Å². The van der Waals surface area contributed by atoms with Gasteiger partial charge in [0.2, 0.25) is 0 Å². The summed E-state index contributed by atoms with van der Waals surface area (Å²) in [7, 11) is 0. The van der Waals surface area contributed by atoms with E-state index in [9.17, 15) is 19.2 Å². The minimum atomic E-state index is -0.609. The number of nitrogens with one attached hydrogen (secondary N) is 1. The number of hydrogen-bond donors (Lipinski definition) is 2. The third-order valence-electron chi connectivity index (χ3n) is 5.51. The van der Waals surface area contributed by atoms with Gasteiger partial charge in [0, 0.05) is 6.07 Å². The van der Waals surface area contributed by atoms with Crippen molar-refractivity contribution in [2.45, 2.75) is 51.4 Å². The van der Waals surface area contributed by atoms with Crippen molar-refractivity contribution < 1.29 is 29.0 Å². The molecule has 2 amide bonds. The van der Waals surface area contributed by atoms with Gasteiger partial charge in [0.15, 0.2) is 0 Å². The molecule has 0 spiro atoms. The maximum Gasteiger partial charge on any atom is 0.314 e. The summed E-state index contributed by atoms with van der Waals surface area (Å²) in [4.78, 5) is 45.2. The van der Waals surface area contributed by atoms with Crippen molar-refractivity contribution in [2.24, 2.45) is 11.8 Å². The van der Waals surface area contributed by atoms with Crippen LogP contribution in [0.4, 0.5) is 4.79 Å². The highest BCUT2D eigenvalue weighted by molar-refractivity contribution is 8.18. The first-order valence-electron chi connectivity index (χ1n) is 10.3. The van der Waals surface area contributed by atoms with E-state index < -0.39 is 17.1 Å². The van der Waals surface area contributed by atoms with Gasteiger partial charge in [-0.15, -0.1) is 0 Å². The molecule has 0 radical (unpaired) electrons. The van der Waals surface area contributed by atoms with Gasteiger partial charge < -0.3 is 9.84 Å². The highest BCUT2D eigenvalue weighted by Crippen LogP contribution is 2.31. The van der Waals surface area contributed by atoms with E-state index in [0.717, 1.165) is 63.1 Å². The minimum Gasteiger partial charge on any atom is -0.481 e. The fourth-order valence-corrected chi connectivity index (χ4v) is 4.68. The number of carbonyl (C=O) groups is 4. The standard InChI is InChI=1S/C16H14ClNO4S.C6H10O2/c17-12-8-11(22-15(20)9-3-1-2-4-9)6-5-10(12)7-13-14(19)18-16(21)23-13;7-6(8)5-3-1-2-4-5/h5-9H,1-4H2,(H,18,19,21);5H,1-4H2,(H,7,8)/b13-7-;. The first-order chi connectivity index (χ1) is 14.8. The maximum atomic E-state index is 12.0. The van der Waals surface area contributed by atoms with Crippen LogP contribution in [0, 0.1) is 11.8 Å². The number of ether oxygens (including phenoxy) is 1. The molecule has 7 nitrogen and oxygen atoms in total. The predicted molar refractivity (Wildman–Crippen MR) is 118 cm³/mol. The van der Waals surface area contributed by atoms with Crippen molar-refractivity contribution in [3.8, 4) is 5.75 Å². The summed E-state index contributed by atoms with van der Waals surface area (Å²) >= 11 is 7.00. The van der Waals surface area contributed by atoms with E-state index in [2.05, 4.69) is 5.32 Å². The Labute approximate surface area is 189 Å². The van der Waals surface area contributed by atoms with Crippen LogP contribution in [0.25, 0.3) is 6.08 Å². The molecule has 0 unspecified atom stereocenters. The number of rotatable bonds is 4. The molecule has 4 rings (SSSR count). The number of imide groups is 1. The molecule has 1 aromatic carbocycles. The van der Waals surface area contributed by atoms with Crippen LogP contribution in [0.1, 0.15) is 56.9 Å². The second-order valence-corrected chi connectivity index (χ2v) is 9.18. The first-order valence-corrected chi connectivity index (χ1v) is 11.5. The number of benzene rings is 1. The fourth-order valence-electron chi connectivity index (χ4n) is 3.78. The van der Waals surface area contributed by atoms with E-state index in [0.29, 0.717) is 16.3 Å². The summed E-state index contributed by atoms with van der Waals surface area (Å²) in [6.07, 6.45) is 9.42. The number of thioether (sulfide) groups is 1. The van der Waals surface area contributed by atoms with Gasteiger partial charge in [0.05, 0.1) is 21.8 Å². The van der Waals surface area contributed by atoms with Crippen LogP contribution in [0.5, 0.6) is 5.75 Å². The van der Waals surface area contributed by atoms with Gasteiger partial charge in [0.1, 0.15) is 5.75 Å². The number of carboxylic acid groups (broad SMARTS) is 1. The Bertz CT molecular complexity index is 903. The highest BCUT2D eigenvalue weighted by atomic mass is 35.5. The quantitative estimate of drug-likeness (QED) is 0.365. The van der Waals surface area contributed by atoms with Crippen molar-refractivity contribution >= 4 is 52.5 Å². The van der Waals surface area contributed by atoms with Crippen LogP contribution in [0.3, 0.4) is 0 Å². The molecule has 0 aromatic heterocycles. The van der Waals surface area contributed by atoms with Crippen LogP contribution in [-0.4, -0.2) is 28.2 Å². The summed E-state index contributed by atoms with van der Waals surface area (Å²) in [6, 6.07) is 4.83. The fraction of sp³-hybridized carbons (Fsp3) is 0.455. The molecule has 3 fully saturated rings. The van der Waals surface area contributed by atoms with Gasteiger partial charge in [0.25, 0.3) is 11.1 Å². The summed E-state index contributed by atoms with van der Waals surface area (Å²) in [5.41, 5.74) is 0.583. The molecular formula is C22H24ClNO6S. The lowest BCUT2D eigenvalue weighted by atomic mass is 10.1. The van der Waals surface area contributed by atoms with E-state index in [-0.39, 0.29) is 22.7 Å². The Kier molecular flexibility index (Phi) is 8.15. The number of carboxylic acids is 1. The van der Waals surface area contributed by atoms with Crippen molar-refractivity contribution in [1.82, 2.24) is 5.32 Å². The number of aliphatic carboxylic acids is 1. The molecule has 3 aliphatic rings. The Hall–Kier alpha value is -2.32. The number of halogens is 1. The Morgan fingerprint density at radius 2 is 1.68 bits per heavy atom. The molecule has 1 aromatic rings. The van der Waals surface area contributed by atoms with Gasteiger partial charge in [-0.25, -0.2) is 0 Å². The minimum absolute atomic E-state index is 0.0185. The highest BCUT2D eigenvalue weighted by Gasteiger charge is 2.26. The van der Waals surface area contributed by atoms with Crippen molar-refractivity contribution in [3.63, 3.8) is 0 Å². The number of carbonyl (C=O) groups excluding carboxylic acids is 3. The smallest absolute Gasteiger partial charge is 0.314 e. The third kappa shape index (κ3) is 6.58. The average Bonchev–Trinajstić information content (AvgIpc) is 3.47. The topological polar surface area (TPSA) is 110 Å². The zero-order valence-corrected chi connectivity index (χ0v) is 18.5. The third-order valence-corrected chi connectivity index (χ3v) is 6.65. The largest absolute Gasteiger partial charge is 0.481 e. The second-order valence-electron chi connectivity index (χ2n) is 7.76. The van der Waals surface area contributed by atoms with Crippen LogP contribution in [0.2, 0.25) is 5.02 Å². The number of esters is 1. The van der Waals surface area contributed by atoms with Gasteiger partial charge in [-0.3, -0.25) is 24.5 Å². The zero-order chi connectivity index (χ0) is 22.4. The molecule has 1 saturated heterocycles. The lowest BCUT2D eigenvalue weighted by Crippen LogP contribution is -2.18. The molecule has 2 N–H and O–H groups in total. The molecule has 2 aliphatic carbocycles. The lowest BCUT2D eigenvalue weighted by Gasteiger charge is -2.10. The van der Waals surface area contributed by atoms with Gasteiger partial charge >= 0.3 is 11.9 Å². The molecular weight excluding hydrogens is 442 g/mol. The van der Waals surface area contributed by atoms with Crippen LogP contribution >= 0.6 is 23.4 Å². The average molecular weight is 466 g/mol. The molecule has 2 saturated carbocycles. The van der Waals surface area contributed by atoms with E-state index in [1.54, 1.807) is 18.2 Å². The van der Waals surface area contributed by atoms with Crippen molar-refractivity contribution in [3.05, 3.63) is 33.7 Å². The van der Waals surface area contributed by atoms with E-state index in [4.69, 9.17) is 21.4 Å². The van der Waals surface area contributed by atoms with Gasteiger partial charge in [-0.05, 0) is 61.2 Å². The number of hydrogen-bond acceptors (Lipinski definition) is 6. The van der Waals surface area contributed by atoms with E-state index >= 15 is 0 Å². The summed E-state index contributed by atoms with van der Waals surface area (Å²) in [6.45, 7) is 0. The molecule has 9 heteroatoms. The predicted octanol–water partition coefficient (Wildman–Crippen LogP) is 5.02. The zero-order valence-electron chi connectivity index (χ0n) is 16.9. The monoisotopic (exact) mass is 465 g/mol. The van der Waals surface area contributed by atoms with Gasteiger partial charge in [-0.2, -0.15) is 0 Å².